The van der Waals surface area contributed by atoms with Gasteiger partial charge in [0, 0.05) is 22.6 Å². The van der Waals surface area contributed by atoms with Gasteiger partial charge < -0.3 is 10.3 Å². The number of H-pyrrole nitrogens is 1. The molecule has 6 nitrogen and oxygen atoms in total. The van der Waals surface area contributed by atoms with Gasteiger partial charge in [-0.1, -0.05) is 0 Å². The van der Waals surface area contributed by atoms with E-state index in [1.165, 1.54) is 35.9 Å². The molecule has 0 atom stereocenters. The molecule has 2 heterocycles. The van der Waals surface area contributed by atoms with E-state index in [0.29, 0.717) is 16.8 Å². The molecule has 7 heteroatoms. The van der Waals surface area contributed by atoms with E-state index >= 15 is 0 Å². The Kier molecular flexibility index (Phi) is 3.36. The highest BCUT2D eigenvalue weighted by atomic mass is 32.2. The van der Waals surface area contributed by atoms with Gasteiger partial charge in [-0.3, -0.25) is 9.35 Å². The lowest BCUT2D eigenvalue weighted by Gasteiger charge is -2.08. The number of aromatic nitrogens is 1. The highest BCUT2D eigenvalue weighted by Gasteiger charge is 2.26. The van der Waals surface area contributed by atoms with Crippen molar-refractivity contribution in [3.63, 3.8) is 0 Å². The van der Waals surface area contributed by atoms with Gasteiger partial charge >= 0.3 is 0 Å². The molecule has 2 aliphatic rings. The van der Waals surface area contributed by atoms with Crippen LogP contribution in [0.5, 0.6) is 0 Å². The maximum atomic E-state index is 12.2. The van der Waals surface area contributed by atoms with Gasteiger partial charge in [-0.2, -0.15) is 8.42 Å². The Morgan fingerprint density at radius 1 is 1.12 bits per heavy atom. The van der Waals surface area contributed by atoms with Gasteiger partial charge in [0.2, 0.25) is 0 Å². The summed E-state index contributed by atoms with van der Waals surface area (Å²) in [5, 5.41) is 2.71. The summed E-state index contributed by atoms with van der Waals surface area (Å²) in [4.78, 5) is 15.3. The highest BCUT2D eigenvalue weighted by Crippen LogP contribution is 2.35. The van der Waals surface area contributed by atoms with Crippen LogP contribution in [0.4, 0.5) is 5.69 Å². The first-order valence-corrected chi connectivity index (χ1v) is 9.21. The first-order valence-electron chi connectivity index (χ1n) is 7.77. The number of rotatable bonds is 2. The Hall–Kier alpha value is -2.38. The maximum absolute atomic E-state index is 12.2. The van der Waals surface area contributed by atoms with Crippen molar-refractivity contribution in [1.82, 2.24) is 4.98 Å². The molecule has 2 aromatic rings. The number of carbonyl (C=O) groups is 1. The van der Waals surface area contributed by atoms with Crippen LogP contribution in [0.15, 0.2) is 29.2 Å². The fraction of sp³-hybridized carbons (Fsp3) is 0.235. The Bertz CT molecular complexity index is 963. The fourth-order valence-corrected chi connectivity index (χ4v) is 3.84. The van der Waals surface area contributed by atoms with Crippen LogP contribution in [0, 0.1) is 0 Å². The van der Waals surface area contributed by atoms with Crippen LogP contribution in [0.1, 0.15) is 35.4 Å². The molecule has 0 spiro atoms. The van der Waals surface area contributed by atoms with Gasteiger partial charge in [0.05, 0.1) is 10.5 Å². The summed E-state index contributed by atoms with van der Waals surface area (Å²) in [5.74, 6) is -0.287. The Labute approximate surface area is 139 Å². The maximum Gasteiger partial charge on any atom is 0.294 e. The molecule has 0 unspecified atom stereocenters. The fourth-order valence-electron chi connectivity index (χ4n) is 3.33. The molecule has 3 N–H and O–H groups in total. The van der Waals surface area contributed by atoms with Gasteiger partial charge in [0.1, 0.15) is 0 Å². The van der Waals surface area contributed by atoms with E-state index in [1.54, 1.807) is 6.08 Å². The monoisotopic (exact) mass is 344 g/mol. The van der Waals surface area contributed by atoms with Crippen LogP contribution in [0.25, 0.3) is 11.6 Å². The number of aryl methyl sites for hydroxylation is 2. The number of nitrogens with one attached hydrogen (secondary N) is 2. The van der Waals surface area contributed by atoms with Gasteiger partial charge in [-0.25, -0.2) is 0 Å². The van der Waals surface area contributed by atoms with Gasteiger partial charge in [0.15, 0.2) is 0 Å². The van der Waals surface area contributed by atoms with Gasteiger partial charge in [-0.05, 0) is 61.6 Å². The molecule has 0 saturated carbocycles. The van der Waals surface area contributed by atoms with Crippen molar-refractivity contribution in [2.45, 2.75) is 30.6 Å². The molecule has 4 rings (SSSR count). The summed E-state index contributed by atoms with van der Waals surface area (Å²) in [6.45, 7) is 0. The van der Waals surface area contributed by atoms with Crippen molar-refractivity contribution in [1.29, 1.82) is 0 Å². The summed E-state index contributed by atoms with van der Waals surface area (Å²) in [5.41, 5.74) is 4.71. The average Bonchev–Trinajstić information content (AvgIpc) is 3.07. The molecule has 1 amide bonds. The largest absolute Gasteiger partial charge is 0.359 e. The highest BCUT2D eigenvalue weighted by molar-refractivity contribution is 7.85. The van der Waals surface area contributed by atoms with E-state index in [-0.39, 0.29) is 10.8 Å². The zero-order chi connectivity index (χ0) is 16.9. The number of amides is 1. The van der Waals surface area contributed by atoms with Crippen LogP contribution >= 0.6 is 0 Å². The van der Waals surface area contributed by atoms with Crippen molar-refractivity contribution in [3.05, 3.63) is 46.8 Å². The molecule has 0 saturated heterocycles. The zero-order valence-electron chi connectivity index (χ0n) is 12.8. The number of fused-ring (bicyclic) bond motifs is 2. The molecule has 124 valence electrons. The second kappa shape index (κ2) is 5.32. The van der Waals surface area contributed by atoms with Crippen molar-refractivity contribution in [2.24, 2.45) is 0 Å². The quantitative estimate of drug-likeness (QED) is 0.576. The van der Waals surface area contributed by atoms with E-state index in [0.717, 1.165) is 25.0 Å². The molecular weight excluding hydrogens is 328 g/mol. The lowest BCUT2D eigenvalue weighted by Crippen LogP contribution is -2.03. The number of carbonyl (C=O) groups excluding carboxylic acids is 1. The minimum absolute atomic E-state index is 0.227. The van der Waals surface area contributed by atoms with E-state index in [1.807, 2.05) is 6.07 Å². The molecule has 1 aromatic carbocycles. The van der Waals surface area contributed by atoms with Crippen LogP contribution < -0.4 is 5.32 Å². The number of aromatic amines is 1. The minimum atomic E-state index is -4.31. The van der Waals surface area contributed by atoms with E-state index < -0.39 is 10.1 Å². The van der Waals surface area contributed by atoms with Crippen LogP contribution in [0.2, 0.25) is 0 Å². The third-order valence-corrected chi connectivity index (χ3v) is 5.36. The first kappa shape index (κ1) is 15.2. The van der Waals surface area contributed by atoms with E-state index in [4.69, 9.17) is 0 Å². The first-order chi connectivity index (χ1) is 11.4. The minimum Gasteiger partial charge on any atom is -0.359 e. The second-order valence-corrected chi connectivity index (χ2v) is 7.55. The van der Waals surface area contributed by atoms with E-state index in [9.17, 15) is 17.8 Å². The van der Waals surface area contributed by atoms with Gasteiger partial charge in [0.25, 0.3) is 16.0 Å². The van der Waals surface area contributed by atoms with Crippen molar-refractivity contribution in [2.75, 3.05) is 5.32 Å². The average molecular weight is 344 g/mol. The SMILES string of the molecule is O=C1Nc2ccc(S(=O)(=O)O)cc2C1=Cc1cc2c([nH]1)CCCC2. The van der Waals surface area contributed by atoms with Crippen LogP contribution in [-0.2, 0) is 27.8 Å². The predicted molar refractivity (Wildman–Crippen MR) is 90.2 cm³/mol. The Morgan fingerprint density at radius 3 is 2.67 bits per heavy atom. The smallest absolute Gasteiger partial charge is 0.294 e. The molecule has 1 aliphatic heterocycles. The third kappa shape index (κ3) is 2.55. The number of anilines is 1. The zero-order valence-corrected chi connectivity index (χ0v) is 13.6. The summed E-state index contributed by atoms with van der Waals surface area (Å²) < 4.78 is 31.9. The summed E-state index contributed by atoms with van der Waals surface area (Å²) in [6.07, 6.45) is 6.10. The number of hydrogen-bond acceptors (Lipinski definition) is 3. The molecule has 1 aliphatic carbocycles. The van der Waals surface area contributed by atoms with Crippen LogP contribution in [0.3, 0.4) is 0 Å². The topological polar surface area (TPSA) is 99.3 Å². The molecule has 0 bridgehead atoms. The van der Waals surface area contributed by atoms with Crippen molar-refractivity contribution >= 4 is 33.4 Å². The van der Waals surface area contributed by atoms with Crippen molar-refractivity contribution in [3.8, 4) is 0 Å². The third-order valence-electron chi connectivity index (χ3n) is 4.51. The Balaban J connectivity index is 1.79. The standard InChI is InChI=1S/C17H16N2O4S/c20-17-14(8-11-7-10-3-1-2-4-15(10)18-11)13-9-12(24(21,22)23)5-6-16(13)19-17/h5-9,18H,1-4H2,(H,19,20)(H,21,22,23). The predicted octanol–water partition coefficient (Wildman–Crippen LogP) is 2.63. The molecule has 0 radical (unpaired) electrons. The van der Waals surface area contributed by atoms with E-state index in [2.05, 4.69) is 10.3 Å². The molecule has 1 aromatic heterocycles. The molecular formula is C17H16N2O4S. The van der Waals surface area contributed by atoms with Gasteiger partial charge in [-0.15, -0.1) is 0 Å². The molecule has 24 heavy (non-hydrogen) atoms. The molecule has 0 fully saturated rings. The van der Waals surface area contributed by atoms with Crippen molar-refractivity contribution < 1.29 is 17.8 Å². The summed E-state index contributed by atoms with van der Waals surface area (Å²) in [7, 11) is -4.31. The van der Waals surface area contributed by atoms with Crippen LogP contribution in [-0.4, -0.2) is 23.9 Å². The summed E-state index contributed by atoms with van der Waals surface area (Å²) in [6, 6.07) is 6.11. The lowest BCUT2D eigenvalue weighted by atomic mass is 9.98. The number of benzene rings is 1. The summed E-state index contributed by atoms with van der Waals surface area (Å²) >= 11 is 0. The second-order valence-electron chi connectivity index (χ2n) is 6.13. The normalized spacial score (nSPS) is 18.4. The lowest BCUT2D eigenvalue weighted by molar-refractivity contribution is -0.110. The Morgan fingerprint density at radius 2 is 1.92 bits per heavy atom. The number of hydrogen-bond donors (Lipinski definition) is 3.